The summed E-state index contributed by atoms with van der Waals surface area (Å²) in [6.07, 6.45) is 3.25. The average molecular weight is 383 g/mol. The molecule has 0 fully saturated rings. The Labute approximate surface area is 159 Å². The normalized spacial score (nSPS) is 10.3. The lowest BCUT2D eigenvalue weighted by atomic mass is 10.1. The Morgan fingerprint density at radius 3 is 2.56 bits per heavy atom. The zero-order chi connectivity index (χ0) is 19.1. The molecule has 27 heavy (non-hydrogen) atoms. The Hall–Kier alpha value is -3.23. The zero-order valence-electron chi connectivity index (χ0n) is 14.2. The number of hydrogen-bond donors (Lipinski definition) is 3. The van der Waals surface area contributed by atoms with E-state index in [0.29, 0.717) is 23.4 Å². The molecule has 0 spiro atoms. The molecule has 138 valence electrons. The smallest absolute Gasteiger partial charge is 0.274 e. The number of pyridine rings is 1. The van der Waals surface area contributed by atoms with Crippen molar-refractivity contribution in [2.45, 2.75) is 0 Å². The van der Waals surface area contributed by atoms with Crippen LogP contribution in [0.15, 0.2) is 59.6 Å². The van der Waals surface area contributed by atoms with Crippen LogP contribution in [0.2, 0.25) is 0 Å². The maximum absolute atomic E-state index is 12.3. The third-order valence-corrected chi connectivity index (χ3v) is 4.41. The minimum Gasteiger partial charge on any atom is -0.492 e. The molecule has 0 saturated heterocycles. The SMILES string of the molecule is O=C(NO)c1ccc(OCCNC(=O)c2cncc(-c3ccsc3)c2)cc1. The van der Waals surface area contributed by atoms with Gasteiger partial charge in [0.1, 0.15) is 12.4 Å². The summed E-state index contributed by atoms with van der Waals surface area (Å²) in [4.78, 5) is 27.6. The molecule has 0 saturated carbocycles. The molecule has 0 aliphatic rings. The number of carbonyl (C=O) groups excluding carboxylic acids is 2. The molecule has 3 aromatic rings. The molecule has 7 nitrogen and oxygen atoms in total. The van der Waals surface area contributed by atoms with Gasteiger partial charge in [0.2, 0.25) is 0 Å². The van der Waals surface area contributed by atoms with Crippen LogP contribution in [0, 0.1) is 0 Å². The lowest BCUT2D eigenvalue weighted by Gasteiger charge is -2.09. The predicted molar refractivity (Wildman–Crippen MR) is 101 cm³/mol. The van der Waals surface area contributed by atoms with Crippen LogP contribution in [0.25, 0.3) is 11.1 Å². The molecule has 0 aliphatic carbocycles. The monoisotopic (exact) mass is 383 g/mol. The van der Waals surface area contributed by atoms with Gasteiger partial charge in [0.15, 0.2) is 0 Å². The van der Waals surface area contributed by atoms with Crippen LogP contribution in [-0.2, 0) is 0 Å². The molecule has 3 N–H and O–H groups in total. The maximum Gasteiger partial charge on any atom is 0.274 e. The summed E-state index contributed by atoms with van der Waals surface area (Å²) in [5.41, 5.74) is 4.29. The molecular formula is C19H17N3O4S. The minimum absolute atomic E-state index is 0.224. The van der Waals surface area contributed by atoms with E-state index in [0.717, 1.165) is 11.1 Å². The predicted octanol–water partition coefficient (Wildman–Crippen LogP) is 2.74. The number of hydrogen-bond acceptors (Lipinski definition) is 6. The fourth-order valence-corrected chi connectivity index (χ4v) is 3.02. The van der Waals surface area contributed by atoms with Gasteiger partial charge in [-0.15, -0.1) is 0 Å². The number of hydroxylamine groups is 1. The van der Waals surface area contributed by atoms with E-state index in [1.165, 1.54) is 18.3 Å². The van der Waals surface area contributed by atoms with Gasteiger partial charge in [-0.1, -0.05) is 0 Å². The van der Waals surface area contributed by atoms with Crippen LogP contribution in [0.3, 0.4) is 0 Å². The van der Waals surface area contributed by atoms with E-state index < -0.39 is 5.91 Å². The van der Waals surface area contributed by atoms with E-state index in [-0.39, 0.29) is 12.5 Å². The van der Waals surface area contributed by atoms with Gasteiger partial charge in [0.05, 0.1) is 12.1 Å². The summed E-state index contributed by atoms with van der Waals surface area (Å²) in [6.45, 7) is 0.593. The highest BCUT2D eigenvalue weighted by atomic mass is 32.1. The molecule has 0 atom stereocenters. The zero-order valence-corrected chi connectivity index (χ0v) is 15.0. The van der Waals surface area contributed by atoms with Crippen LogP contribution in [0.1, 0.15) is 20.7 Å². The number of amides is 2. The van der Waals surface area contributed by atoms with E-state index in [9.17, 15) is 9.59 Å². The maximum atomic E-state index is 12.3. The number of rotatable bonds is 7. The number of nitrogens with one attached hydrogen (secondary N) is 2. The molecule has 0 aliphatic heterocycles. The summed E-state index contributed by atoms with van der Waals surface area (Å²) in [5, 5.41) is 15.3. The quantitative estimate of drug-likeness (QED) is 0.331. The highest BCUT2D eigenvalue weighted by molar-refractivity contribution is 7.08. The van der Waals surface area contributed by atoms with Gasteiger partial charge in [0.25, 0.3) is 11.8 Å². The second-order valence-electron chi connectivity index (χ2n) is 5.54. The lowest BCUT2D eigenvalue weighted by Crippen LogP contribution is -2.28. The van der Waals surface area contributed by atoms with Gasteiger partial charge in [-0.3, -0.25) is 19.8 Å². The first kappa shape index (κ1) is 18.6. The van der Waals surface area contributed by atoms with Gasteiger partial charge in [-0.05, 0) is 52.7 Å². The number of ether oxygens (including phenoxy) is 1. The summed E-state index contributed by atoms with van der Waals surface area (Å²) < 4.78 is 5.52. The van der Waals surface area contributed by atoms with Crippen molar-refractivity contribution in [3.63, 3.8) is 0 Å². The first-order valence-corrected chi connectivity index (χ1v) is 9.05. The molecule has 2 amide bonds. The summed E-state index contributed by atoms with van der Waals surface area (Å²) in [5.74, 6) is -0.259. The van der Waals surface area contributed by atoms with Crippen LogP contribution >= 0.6 is 11.3 Å². The van der Waals surface area contributed by atoms with Gasteiger partial charge in [-0.25, -0.2) is 5.48 Å². The van der Waals surface area contributed by atoms with Crippen molar-refractivity contribution in [1.82, 2.24) is 15.8 Å². The summed E-state index contributed by atoms with van der Waals surface area (Å²) in [6, 6.07) is 10.1. The van der Waals surface area contributed by atoms with E-state index >= 15 is 0 Å². The highest BCUT2D eigenvalue weighted by Crippen LogP contribution is 2.21. The standard InChI is InChI=1S/C19H17N3O4S/c23-18(16-9-15(10-20-11-16)14-5-8-27-12-14)21-6-7-26-17-3-1-13(2-4-17)19(24)22-25/h1-5,8-12,25H,6-7H2,(H,21,23)(H,22,24). The second kappa shape index (κ2) is 8.93. The van der Waals surface area contributed by atoms with Gasteiger partial charge in [0, 0.05) is 23.5 Å². The van der Waals surface area contributed by atoms with Gasteiger partial charge in [-0.2, -0.15) is 11.3 Å². The molecule has 0 radical (unpaired) electrons. The Kier molecular flexibility index (Phi) is 6.14. The second-order valence-corrected chi connectivity index (χ2v) is 6.32. The summed E-state index contributed by atoms with van der Waals surface area (Å²) in [7, 11) is 0. The molecule has 2 heterocycles. The number of thiophene rings is 1. The molecule has 8 heteroatoms. The average Bonchev–Trinajstić information content (AvgIpc) is 3.26. The molecule has 1 aromatic carbocycles. The van der Waals surface area contributed by atoms with Crippen molar-refractivity contribution < 1.29 is 19.5 Å². The van der Waals surface area contributed by atoms with Crippen LogP contribution in [0.5, 0.6) is 5.75 Å². The van der Waals surface area contributed by atoms with Crippen molar-refractivity contribution >= 4 is 23.2 Å². The highest BCUT2D eigenvalue weighted by Gasteiger charge is 2.08. The number of carbonyl (C=O) groups is 2. The fraction of sp³-hybridized carbons (Fsp3) is 0.105. The Morgan fingerprint density at radius 2 is 1.85 bits per heavy atom. The molecular weight excluding hydrogens is 366 g/mol. The third-order valence-electron chi connectivity index (χ3n) is 3.73. The minimum atomic E-state index is -0.591. The van der Waals surface area contributed by atoms with Crippen molar-refractivity contribution in [1.29, 1.82) is 0 Å². The van der Waals surface area contributed by atoms with Crippen molar-refractivity contribution in [2.24, 2.45) is 0 Å². The van der Waals surface area contributed by atoms with Crippen LogP contribution in [-0.4, -0.2) is 35.2 Å². The molecule has 0 unspecified atom stereocenters. The number of benzene rings is 1. The van der Waals surface area contributed by atoms with E-state index in [1.54, 1.807) is 41.2 Å². The van der Waals surface area contributed by atoms with Crippen LogP contribution < -0.4 is 15.5 Å². The largest absolute Gasteiger partial charge is 0.492 e. The molecule has 3 rings (SSSR count). The van der Waals surface area contributed by atoms with Gasteiger partial charge >= 0.3 is 0 Å². The Balaban J connectivity index is 1.48. The number of aromatic nitrogens is 1. The topological polar surface area (TPSA) is 101 Å². The fourth-order valence-electron chi connectivity index (χ4n) is 2.35. The van der Waals surface area contributed by atoms with E-state index in [2.05, 4.69) is 10.3 Å². The van der Waals surface area contributed by atoms with E-state index in [4.69, 9.17) is 9.94 Å². The van der Waals surface area contributed by atoms with Crippen molar-refractivity contribution in [2.75, 3.05) is 13.2 Å². The van der Waals surface area contributed by atoms with Crippen molar-refractivity contribution in [3.05, 3.63) is 70.7 Å². The number of nitrogens with zero attached hydrogens (tertiary/aromatic N) is 1. The molecule has 2 aromatic heterocycles. The molecule has 0 bridgehead atoms. The first-order chi connectivity index (χ1) is 13.2. The third kappa shape index (κ3) is 4.90. The summed E-state index contributed by atoms with van der Waals surface area (Å²) >= 11 is 1.59. The lowest BCUT2D eigenvalue weighted by molar-refractivity contribution is 0.0706. The Bertz CT molecular complexity index is 911. The van der Waals surface area contributed by atoms with E-state index in [1.807, 2.05) is 16.8 Å². The van der Waals surface area contributed by atoms with Crippen molar-refractivity contribution in [3.8, 4) is 16.9 Å². The first-order valence-electron chi connectivity index (χ1n) is 8.10. The van der Waals surface area contributed by atoms with Crippen LogP contribution in [0.4, 0.5) is 0 Å². The Morgan fingerprint density at radius 1 is 1.04 bits per heavy atom. The van der Waals surface area contributed by atoms with Gasteiger partial charge < -0.3 is 10.1 Å².